The molecule has 6 nitrogen and oxygen atoms in total. The molecule has 116 valence electrons. The van der Waals surface area contributed by atoms with E-state index in [4.69, 9.17) is 5.73 Å². The number of hydrogen-bond acceptors (Lipinski definition) is 6. The van der Waals surface area contributed by atoms with E-state index in [0.717, 1.165) is 18.2 Å². The Morgan fingerprint density at radius 3 is 2.76 bits per heavy atom. The van der Waals surface area contributed by atoms with E-state index in [9.17, 15) is 9.90 Å². The minimum Gasteiger partial charge on any atom is -0.393 e. The minimum absolute atomic E-state index is 0.0470. The van der Waals surface area contributed by atoms with Gasteiger partial charge in [-0.05, 0) is 25.2 Å². The second-order valence-corrected chi connectivity index (χ2v) is 6.97. The molecule has 7 heteroatoms. The average Bonchev–Trinajstić information content (AvgIpc) is 3.10. The summed E-state index contributed by atoms with van der Waals surface area (Å²) in [6, 6.07) is 0. The zero-order valence-electron chi connectivity index (χ0n) is 12.3. The van der Waals surface area contributed by atoms with Crippen molar-refractivity contribution < 1.29 is 9.90 Å². The van der Waals surface area contributed by atoms with E-state index in [1.807, 2.05) is 6.92 Å². The predicted octanol–water partition coefficient (Wildman–Crippen LogP) is 1.17. The Hall–Kier alpha value is -1.34. The third kappa shape index (κ3) is 2.85. The highest BCUT2D eigenvalue weighted by Gasteiger charge is 2.30. The molecule has 2 fully saturated rings. The summed E-state index contributed by atoms with van der Waals surface area (Å²) in [5, 5.41) is 10.6. The number of rotatable bonds is 2. The summed E-state index contributed by atoms with van der Waals surface area (Å²) in [5.41, 5.74) is 5.95. The molecule has 2 unspecified atom stereocenters. The first kappa shape index (κ1) is 14.6. The fraction of sp³-hybridized carbons (Fsp3) is 0.714. The molecule has 1 aromatic rings. The number of amides is 1. The van der Waals surface area contributed by atoms with Crippen LogP contribution in [0.1, 0.15) is 35.9 Å². The third-order valence-corrected chi connectivity index (χ3v) is 5.48. The molecule has 3 heterocycles. The first-order valence-electron chi connectivity index (χ1n) is 7.55. The number of carbonyl (C=O) groups is 1. The number of thiazole rings is 1. The van der Waals surface area contributed by atoms with Gasteiger partial charge in [-0.15, -0.1) is 0 Å². The summed E-state index contributed by atoms with van der Waals surface area (Å²) in [4.78, 5) is 21.5. The number of aliphatic hydroxyl groups excluding tert-OH is 1. The topological polar surface area (TPSA) is 82.7 Å². The first-order chi connectivity index (χ1) is 10.1. The van der Waals surface area contributed by atoms with E-state index in [1.54, 1.807) is 4.90 Å². The van der Waals surface area contributed by atoms with Crippen molar-refractivity contribution in [3.05, 3.63) is 4.88 Å². The molecule has 1 aromatic heterocycles. The van der Waals surface area contributed by atoms with Crippen LogP contribution in [-0.2, 0) is 0 Å². The van der Waals surface area contributed by atoms with Crippen molar-refractivity contribution in [2.24, 2.45) is 5.92 Å². The number of anilines is 2. The van der Waals surface area contributed by atoms with Crippen LogP contribution >= 0.6 is 11.3 Å². The van der Waals surface area contributed by atoms with Crippen molar-refractivity contribution in [3.8, 4) is 0 Å². The number of aromatic nitrogens is 1. The van der Waals surface area contributed by atoms with Crippen LogP contribution in [0.15, 0.2) is 0 Å². The summed E-state index contributed by atoms with van der Waals surface area (Å²) < 4.78 is 0. The summed E-state index contributed by atoms with van der Waals surface area (Å²) in [6.45, 7) is 5.12. The van der Waals surface area contributed by atoms with Gasteiger partial charge < -0.3 is 20.6 Å². The molecule has 3 rings (SSSR count). The molecule has 2 aliphatic rings. The van der Waals surface area contributed by atoms with Crippen molar-refractivity contribution in [1.29, 1.82) is 0 Å². The fourth-order valence-corrected chi connectivity index (χ4v) is 3.98. The normalized spacial score (nSPS) is 26.4. The number of nitrogen functional groups attached to an aromatic ring is 1. The molecular formula is C14H22N4O2S. The quantitative estimate of drug-likeness (QED) is 0.857. The molecule has 0 radical (unpaired) electrons. The van der Waals surface area contributed by atoms with Gasteiger partial charge in [-0.2, -0.15) is 0 Å². The Morgan fingerprint density at radius 1 is 1.38 bits per heavy atom. The van der Waals surface area contributed by atoms with Gasteiger partial charge in [0.05, 0.1) is 6.10 Å². The highest BCUT2D eigenvalue weighted by atomic mass is 32.1. The lowest BCUT2D eigenvalue weighted by Gasteiger charge is -2.34. The number of hydrogen-bond donors (Lipinski definition) is 2. The van der Waals surface area contributed by atoms with Crippen LogP contribution in [0.2, 0.25) is 0 Å². The number of aliphatic hydroxyl groups is 1. The fourth-order valence-electron chi connectivity index (χ4n) is 2.98. The van der Waals surface area contributed by atoms with Gasteiger partial charge in [0.15, 0.2) is 5.13 Å². The number of nitrogens with zero attached hydrogens (tertiary/aromatic N) is 3. The number of likely N-dealkylation sites (tertiary alicyclic amines) is 1. The van der Waals surface area contributed by atoms with Gasteiger partial charge in [0.25, 0.3) is 5.91 Å². The summed E-state index contributed by atoms with van der Waals surface area (Å²) in [7, 11) is 0. The molecule has 21 heavy (non-hydrogen) atoms. The summed E-state index contributed by atoms with van der Waals surface area (Å²) in [6.07, 6.45) is 2.66. The van der Waals surface area contributed by atoms with Crippen molar-refractivity contribution >= 4 is 28.2 Å². The van der Waals surface area contributed by atoms with E-state index >= 15 is 0 Å². The van der Waals surface area contributed by atoms with Gasteiger partial charge >= 0.3 is 0 Å². The predicted molar refractivity (Wildman–Crippen MR) is 83.7 cm³/mol. The van der Waals surface area contributed by atoms with Crippen molar-refractivity contribution in [3.63, 3.8) is 0 Å². The van der Waals surface area contributed by atoms with Crippen LogP contribution in [0.4, 0.5) is 10.9 Å². The monoisotopic (exact) mass is 310 g/mol. The highest BCUT2D eigenvalue weighted by molar-refractivity contribution is 7.18. The maximum absolute atomic E-state index is 12.6. The molecule has 0 spiro atoms. The maximum atomic E-state index is 12.6. The van der Waals surface area contributed by atoms with Gasteiger partial charge in [0.1, 0.15) is 10.7 Å². The SMILES string of the molecule is CC1CN(C(=O)c2sc(N3CCCC3)nc2N)CCC1O. The van der Waals surface area contributed by atoms with Crippen LogP contribution in [0.25, 0.3) is 0 Å². The van der Waals surface area contributed by atoms with E-state index in [1.165, 1.54) is 24.2 Å². The Kier molecular flexibility index (Phi) is 4.03. The highest BCUT2D eigenvalue weighted by Crippen LogP contribution is 2.32. The molecular weight excluding hydrogens is 288 g/mol. The molecule has 0 aromatic carbocycles. The van der Waals surface area contributed by atoms with Crippen LogP contribution in [0, 0.1) is 5.92 Å². The molecule has 3 N–H and O–H groups in total. The number of piperidine rings is 1. The van der Waals surface area contributed by atoms with E-state index in [0.29, 0.717) is 30.2 Å². The molecule has 0 aliphatic carbocycles. The molecule has 1 amide bonds. The van der Waals surface area contributed by atoms with Crippen LogP contribution in [0.3, 0.4) is 0 Å². The average molecular weight is 310 g/mol. The van der Waals surface area contributed by atoms with Gasteiger partial charge in [-0.1, -0.05) is 18.3 Å². The Morgan fingerprint density at radius 2 is 2.10 bits per heavy atom. The van der Waals surface area contributed by atoms with Crippen LogP contribution in [-0.4, -0.2) is 53.2 Å². The van der Waals surface area contributed by atoms with Crippen molar-refractivity contribution in [1.82, 2.24) is 9.88 Å². The Labute approximate surface area is 128 Å². The van der Waals surface area contributed by atoms with Gasteiger partial charge in [0, 0.05) is 26.2 Å². The smallest absolute Gasteiger partial charge is 0.267 e. The van der Waals surface area contributed by atoms with Crippen LogP contribution < -0.4 is 10.6 Å². The Bertz CT molecular complexity index is 527. The standard InChI is InChI=1S/C14H22N4O2S/c1-9-8-18(7-4-10(9)19)13(20)11-12(15)16-14(21-11)17-5-2-3-6-17/h9-10,19H,2-8,15H2,1H3. The minimum atomic E-state index is -0.312. The van der Waals surface area contributed by atoms with Gasteiger partial charge in [-0.3, -0.25) is 4.79 Å². The lowest BCUT2D eigenvalue weighted by Crippen LogP contribution is -2.44. The number of carbonyl (C=O) groups excluding carboxylic acids is 1. The summed E-state index contributed by atoms with van der Waals surface area (Å²) in [5.74, 6) is 0.398. The third-order valence-electron chi connectivity index (χ3n) is 4.36. The molecule has 0 bridgehead atoms. The lowest BCUT2D eigenvalue weighted by atomic mass is 9.97. The van der Waals surface area contributed by atoms with Gasteiger partial charge in [-0.25, -0.2) is 4.98 Å². The summed E-state index contributed by atoms with van der Waals surface area (Å²) >= 11 is 1.40. The largest absolute Gasteiger partial charge is 0.393 e. The van der Waals surface area contributed by atoms with Crippen molar-refractivity contribution in [2.45, 2.75) is 32.3 Å². The maximum Gasteiger partial charge on any atom is 0.267 e. The number of nitrogens with two attached hydrogens (primary N) is 1. The van der Waals surface area contributed by atoms with E-state index in [-0.39, 0.29) is 17.9 Å². The second-order valence-electron chi connectivity index (χ2n) is 5.99. The molecule has 0 saturated carbocycles. The lowest BCUT2D eigenvalue weighted by molar-refractivity contribution is 0.0301. The van der Waals surface area contributed by atoms with Gasteiger partial charge in [0.2, 0.25) is 0 Å². The molecule has 2 aliphatic heterocycles. The zero-order chi connectivity index (χ0) is 15.0. The van der Waals surface area contributed by atoms with E-state index in [2.05, 4.69) is 9.88 Å². The van der Waals surface area contributed by atoms with E-state index < -0.39 is 0 Å². The van der Waals surface area contributed by atoms with Crippen molar-refractivity contribution in [2.75, 3.05) is 36.8 Å². The molecule has 2 atom stereocenters. The molecule has 2 saturated heterocycles. The zero-order valence-corrected chi connectivity index (χ0v) is 13.1. The Balaban J connectivity index is 1.75. The second kappa shape index (κ2) is 5.81. The first-order valence-corrected chi connectivity index (χ1v) is 8.36. The van der Waals surface area contributed by atoms with Crippen LogP contribution in [0.5, 0.6) is 0 Å².